The molecule has 1 rings (SSSR count). The second-order valence-corrected chi connectivity index (χ2v) is 5.70. The van der Waals surface area contributed by atoms with E-state index in [1.807, 2.05) is 20.8 Å². The average Bonchev–Trinajstić information content (AvgIpc) is 2.20. The number of hydrogen-bond acceptors (Lipinski definition) is 3. The molecule has 0 aliphatic carbocycles. The molecular weight excluding hydrogens is 273 g/mol. The van der Waals surface area contributed by atoms with Crippen molar-refractivity contribution < 1.29 is 9.53 Å². The lowest BCUT2D eigenvalue weighted by Crippen LogP contribution is -2.33. The van der Waals surface area contributed by atoms with Crippen molar-refractivity contribution in [2.24, 2.45) is 0 Å². The largest absolute Gasteiger partial charge is 0.459 e. The smallest absolute Gasteiger partial charge is 0.328 e. The van der Waals surface area contributed by atoms with Crippen LogP contribution in [-0.2, 0) is 9.53 Å². The van der Waals surface area contributed by atoms with Crippen LogP contribution in [0.4, 0.5) is 0 Å². The summed E-state index contributed by atoms with van der Waals surface area (Å²) in [6.07, 6.45) is 0. The highest BCUT2D eigenvalue weighted by Gasteiger charge is 2.28. The maximum absolute atomic E-state index is 12.1. The summed E-state index contributed by atoms with van der Waals surface area (Å²) in [4.78, 5) is 12.1. The number of nitrogens with one attached hydrogen (secondary N) is 1. The van der Waals surface area contributed by atoms with E-state index >= 15 is 0 Å². The van der Waals surface area contributed by atoms with Crippen LogP contribution in [0.5, 0.6) is 0 Å². The summed E-state index contributed by atoms with van der Waals surface area (Å²) in [6, 6.07) is 4.44. The highest BCUT2D eigenvalue weighted by atomic mass is 35.5. The molecule has 0 heterocycles. The van der Waals surface area contributed by atoms with Gasteiger partial charge in [0.2, 0.25) is 0 Å². The summed E-state index contributed by atoms with van der Waals surface area (Å²) in [7, 11) is 1.66. The van der Waals surface area contributed by atoms with Gasteiger partial charge in [-0.25, -0.2) is 4.79 Å². The number of hydrogen-bond donors (Lipinski definition) is 1. The number of carbonyl (C=O) groups is 1. The Morgan fingerprint density at radius 3 is 2.17 bits per heavy atom. The van der Waals surface area contributed by atoms with Gasteiger partial charge in [-0.15, -0.1) is 0 Å². The first-order valence-corrected chi connectivity index (χ1v) is 6.36. The first-order chi connectivity index (χ1) is 8.26. The molecule has 18 heavy (non-hydrogen) atoms. The summed E-state index contributed by atoms with van der Waals surface area (Å²) in [6.45, 7) is 5.43. The fourth-order valence-corrected chi connectivity index (χ4v) is 2.14. The molecule has 3 nitrogen and oxygen atoms in total. The Morgan fingerprint density at radius 2 is 1.78 bits per heavy atom. The standard InChI is InChI=1S/C13H17Cl2NO2/c1-13(2,3)18-12(17)11(16-4)10-8(14)6-5-7-9(10)15/h5-7,11,16H,1-4H3. The molecular formula is C13H17Cl2NO2. The molecule has 0 aromatic heterocycles. The Balaban J connectivity index is 3.07. The summed E-state index contributed by atoms with van der Waals surface area (Å²) in [5, 5.41) is 3.75. The van der Waals surface area contributed by atoms with E-state index in [1.54, 1.807) is 25.2 Å². The van der Waals surface area contributed by atoms with E-state index in [1.165, 1.54) is 0 Å². The third-order valence-electron chi connectivity index (χ3n) is 2.22. The lowest BCUT2D eigenvalue weighted by atomic mass is 10.1. The average molecular weight is 290 g/mol. The van der Waals surface area contributed by atoms with Crippen LogP contribution >= 0.6 is 23.2 Å². The molecule has 0 amide bonds. The lowest BCUT2D eigenvalue weighted by molar-refractivity contribution is -0.157. The van der Waals surface area contributed by atoms with Gasteiger partial charge in [-0.3, -0.25) is 0 Å². The van der Waals surface area contributed by atoms with Crippen molar-refractivity contribution in [3.05, 3.63) is 33.8 Å². The Hall–Kier alpha value is -0.770. The molecule has 0 saturated carbocycles. The Morgan fingerprint density at radius 1 is 1.28 bits per heavy atom. The number of benzene rings is 1. The van der Waals surface area contributed by atoms with Crippen molar-refractivity contribution in [1.82, 2.24) is 5.32 Å². The van der Waals surface area contributed by atoms with Gasteiger partial charge in [0.05, 0.1) is 0 Å². The maximum atomic E-state index is 12.1. The quantitative estimate of drug-likeness (QED) is 0.864. The number of likely N-dealkylation sites (N-methyl/N-ethyl adjacent to an activating group) is 1. The second-order valence-electron chi connectivity index (χ2n) is 4.89. The molecule has 0 bridgehead atoms. The fourth-order valence-electron chi connectivity index (χ4n) is 1.53. The van der Waals surface area contributed by atoms with E-state index in [0.29, 0.717) is 15.6 Å². The fraction of sp³-hybridized carbons (Fsp3) is 0.462. The van der Waals surface area contributed by atoms with Crippen LogP contribution in [0.25, 0.3) is 0 Å². The number of carbonyl (C=O) groups excluding carboxylic acids is 1. The van der Waals surface area contributed by atoms with Crippen molar-refractivity contribution in [2.75, 3.05) is 7.05 Å². The van der Waals surface area contributed by atoms with Gasteiger partial charge in [-0.05, 0) is 40.0 Å². The zero-order chi connectivity index (χ0) is 13.9. The van der Waals surface area contributed by atoms with E-state index in [0.717, 1.165) is 0 Å². The third kappa shape index (κ3) is 3.87. The van der Waals surface area contributed by atoms with E-state index in [9.17, 15) is 4.79 Å². The van der Waals surface area contributed by atoms with Crippen molar-refractivity contribution in [2.45, 2.75) is 32.4 Å². The van der Waals surface area contributed by atoms with Crippen LogP contribution in [0, 0.1) is 0 Å². The first kappa shape index (κ1) is 15.3. The predicted molar refractivity (Wildman–Crippen MR) is 74.1 cm³/mol. The molecule has 0 radical (unpaired) electrons. The monoisotopic (exact) mass is 289 g/mol. The van der Waals surface area contributed by atoms with Crippen LogP contribution in [0.15, 0.2) is 18.2 Å². The first-order valence-electron chi connectivity index (χ1n) is 5.60. The highest BCUT2D eigenvalue weighted by Crippen LogP contribution is 2.31. The molecule has 0 fully saturated rings. The molecule has 1 aromatic carbocycles. The number of esters is 1. The van der Waals surface area contributed by atoms with E-state index < -0.39 is 17.6 Å². The third-order valence-corrected chi connectivity index (χ3v) is 2.88. The van der Waals surface area contributed by atoms with Crippen molar-refractivity contribution >= 4 is 29.2 Å². The minimum Gasteiger partial charge on any atom is -0.459 e. The summed E-state index contributed by atoms with van der Waals surface area (Å²) in [5.74, 6) is -0.403. The van der Waals surface area contributed by atoms with Crippen LogP contribution < -0.4 is 5.32 Å². The molecule has 0 spiro atoms. The van der Waals surface area contributed by atoms with Crippen molar-refractivity contribution in [3.63, 3.8) is 0 Å². The minimum atomic E-state index is -0.676. The van der Waals surface area contributed by atoms with Crippen LogP contribution in [-0.4, -0.2) is 18.6 Å². The van der Waals surface area contributed by atoms with Gasteiger partial charge in [0.25, 0.3) is 0 Å². The SMILES string of the molecule is CNC(C(=O)OC(C)(C)C)c1c(Cl)cccc1Cl. The van der Waals surface area contributed by atoms with E-state index in [4.69, 9.17) is 27.9 Å². The zero-order valence-corrected chi connectivity index (χ0v) is 12.4. The Labute approximate surface area is 117 Å². The second kappa shape index (κ2) is 5.91. The van der Waals surface area contributed by atoms with Crippen LogP contribution in [0.3, 0.4) is 0 Å². The minimum absolute atomic E-state index is 0.403. The number of halogens is 2. The van der Waals surface area contributed by atoms with Gasteiger partial charge in [-0.2, -0.15) is 0 Å². The van der Waals surface area contributed by atoms with Gasteiger partial charge in [-0.1, -0.05) is 29.3 Å². The van der Waals surface area contributed by atoms with Crippen molar-refractivity contribution in [3.8, 4) is 0 Å². The summed E-state index contributed by atoms with van der Waals surface area (Å²) < 4.78 is 5.34. The van der Waals surface area contributed by atoms with E-state index in [-0.39, 0.29) is 0 Å². The highest BCUT2D eigenvalue weighted by molar-refractivity contribution is 6.36. The molecule has 5 heteroatoms. The summed E-state index contributed by atoms with van der Waals surface area (Å²) in [5.41, 5.74) is -0.0162. The number of ether oxygens (including phenoxy) is 1. The van der Waals surface area contributed by atoms with Crippen molar-refractivity contribution in [1.29, 1.82) is 0 Å². The molecule has 0 aliphatic heterocycles. The molecule has 0 saturated heterocycles. The van der Waals surface area contributed by atoms with Gasteiger partial charge in [0, 0.05) is 15.6 Å². The van der Waals surface area contributed by atoms with E-state index in [2.05, 4.69) is 5.32 Å². The molecule has 1 atom stereocenters. The number of rotatable bonds is 3. The van der Waals surface area contributed by atoms with Gasteiger partial charge in [0.15, 0.2) is 0 Å². The molecule has 1 aromatic rings. The van der Waals surface area contributed by atoms with Gasteiger partial charge >= 0.3 is 5.97 Å². The zero-order valence-electron chi connectivity index (χ0n) is 10.9. The van der Waals surface area contributed by atoms with Crippen LogP contribution in [0.2, 0.25) is 10.0 Å². The predicted octanol–water partition coefficient (Wildman–Crippen LogP) is 3.60. The molecule has 100 valence electrons. The maximum Gasteiger partial charge on any atom is 0.328 e. The Bertz CT molecular complexity index is 421. The topological polar surface area (TPSA) is 38.3 Å². The van der Waals surface area contributed by atoms with Gasteiger partial charge < -0.3 is 10.1 Å². The molecule has 1 N–H and O–H groups in total. The molecule has 0 aliphatic rings. The molecule has 1 unspecified atom stereocenters. The normalized spacial score (nSPS) is 13.2. The van der Waals surface area contributed by atoms with Gasteiger partial charge in [0.1, 0.15) is 11.6 Å². The Kier molecular flexibility index (Phi) is 5.02. The lowest BCUT2D eigenvalue weighted by Gasteiger charge is -2.24. The summed E-state index contributed by atoms with van der Waals surface area (Å²) >= 11 is 12.2. The van der Waals surface area contributed by atoms with Crippen LogP contribution in [0.1, 0.15) is 32.4 Å².